The molecule has 162 valence electrons. The van der Waals surface area contributed by atoms with Crippen molar-refractivity contribution >= 4 is 36.4 Å². The van der Waals surface area contributed by atoms with E-state index in [0.717, 1.165) is 29.2 Å². The van der Waals surface area contributed by atoms with Gasteiger partial charge in [-0.1, -0.05) is 63.2 Å². The Balaban J connectivity index is 0.00000225. The van der Waals surface area contributed by atoms with Gasteiger partial charge in [0.05, 0.1) is 5.92 Å². The molecular weight excluding hydrogens is 419 g/mol. The molecule has 30 heavy (non-hydrogen) atoms. The SMILES string of the molecule is CC(C)c1nccn1Cc1cccc(NC(=O)C(C)C(N)c2ccccc2)c1.Cl.Cl. The van der Waals surface area contributed by atoms with Gasteiger partial charge in [-0.05, 0) is 23.3 Å². The molecule has 0 bridgehead atoms. The Morgan fingerprint density at radius 3 is 2.43 bits per heavy atom. The molecule has 1 amide bonds. The van der Waals surface area contributed by atoms with Crippen molar-refractivity contribution in [3.05, 3.63) is 83.9 Å². The van der Waals surface area contributed by atoms with Gasteiger partial charge in [-0.15, -0.1) is 24.8 Å². The van der Waals surface area contributed by atoms with Crippen LogP contribution in [0.25, 0.3) is 0 Å². The summed E-state index contributed by atoms with van der Waals surface area (Å²) in [6.07, 6.45) is 3.81. The molecule has 2 aromatic carbocycles. The fraction of sp³-hybridized carbons (Fsp3) is 0.304. The van der Waals surface area contributed by atoms with Crippen LogP contribution in [-0.4, -0.2) is 15.5 Å². The molecule has 0 spiro atoms. The fourth-order valence-corrected chi connectivity index (χ4v) is 3.28. The highest BCUT2D eigenvalue weighted by atomic mass is 35.5. The Hall–Kier alpha value is -2.34. The molecule has 3 rings (SSSR count). The summed E-state index contributed by atoms with van der Waals surface area (Å²) < 4.78 is 2.14. The first-order chi connectivity index (χ1) is 13.5. The van der Waals surface area contributed by atoms with Gasteiger partial charge in [0, 0.05) is 36.6 Å². The predicted molar refractivity (Wildman–Crippen MR) is 128 cm³/mol. The van der Waals surface area contributed by atoms with Crippen LogP contribution >= 0.6 is 24.8 Å². The van der Waals surface area contributed by atoms with Gasteiger partial charge in [-0.3, -0.25) is 4.79 Å². The number of nitrogens with zero attached hydrogens (tertiary/aromatic N) is 2. The largest absolute Gasteiger partial charge is 0.330 e. The average Bonchev–Trinajstić information content (AvgIpc) is 3.16. The van der Waals surface area contributed by atoms with E-state index in [1.54, 1.807) is 0 Å². The number of rotatable bonds is 7. The number of carbonyl (C=O) groups excluding carboxylic acids is 1. The molecule has 2 unspecified atom stereocenters. The minimum Gasteiger partial charge on any atom is -0.330 e. The summed E-state index contributed by atoms with van der Waals surface area (Å²) in [6.45, 7) is 6.84. The first-order valence-corrected chi connectivity index (χ1v) is 9.67. The van der Waals surface area contributed by atoms with Crippen LogP contribution in [0, 0.1) is 5.92 Å². The van der Waals surface area contributed by atoms with Crippen molar-refractivity contribution in [2.24, 2.45) is 11.7 Å². The number of imidazole rings is 1. The highest BCUT2D eigenvalue weighted by Crippen LogP contribution is 2.22. The quantitative estimate of drug-likeness (QED) is 0.523. The van der Waals surface area contributed by atoms with E-state index in [2.05, 4.69) is 34.8 Å². The number of amides is 1. The van der Waals surface area contributed by atoms with Crippen molar-refractivity contribution in [3.8, 4) is 0 Å². The molecule has 7 heteroatoms. The lowest BCUT2D eigenvalue weighted by atomic mass is 9.94. The van der Waals surface area contributed by atoms with Crippen molar-refractivity contribution in [2.75, 3.05) is 5.32 Å². The summed E-state index contributed by atoms with van der Waals surface area (Å²) in [6, 6.07) is 17.3. The third-order valence-electron chi connectivity index (χ3n) is 4.95. The Bertz CT molecular complexity index is 928. The molecule has 1 aromatic heterocycles. The first kappa shape index (κ1) is 25.7. The molecule has 0 radical (unpaired) electrons. The van der Waals surface area contributed by atoms with Gasteiger partial charge >= 0.3 is 0 Å². The van der Waals surface area contributed by atoms with Crippen LogP contribution in [0.3, 0.4) is 0 Å². The van der Waals surface area contributed by atoms with E-state index in [-0.39, 0.29) is 42.7 Å². The molecule has 1 heterocycles. The Kier molecular flexibility index (Phi) is 10.1. The summed E-state index contributed by atoms with van der Waals surface area (Å²) in [5.74, 6) is 0.987. The molecule has 0 saturated heterocycles. The summed E-state index contributed by atoms with van der Waals surface area (Å²) in [7, 11) is 0. The molecule has 0 saturated carbocycles. The van der Waals surface area contributed by atoms with Crippen molar-refractivity contribution in [3.63, 3.8) is 0 Å². The molecule has 0 aliphatic carbocycles. The number of halogens is 2. The summed E-state index contributed by atoms with van der Waals surface area (Å²) >= 11 is 0. The molecule has 3 N–H and O–H groups in total. The minimum absolute atomic E-state index is 0. The first-order valence-electron chi connectivity index (χ1n) is 9.67. The summed E-state index contributed by atoms with van der Waals surface area (Å²) in [5.41, 5.74) is 9.13. The lowest BCUT2D eigenvalue weighted by Gasteiger charge is -2.20. The third kappa shape index (κ3) is 6.33. The standard InChI is InChI=1S/C23H28N4O.2ClH/c1-16(2)22-25-12-13-27(22)15-18-8-7-11-20(14-18)26-23(28)17(3)21(24)19-9-5-4-6-10-19;;/h4-14,16-17,21H,15,24H2,1-3H3,(H,26,28);2*1H. The van der Waals surface area contributed by atoms with Crippen molar-refractivity contribution in [1.82, 2.24) is 9.55 Å². The second kappa shape index (κ2) is 11.7. The van der Waals surface area contributed by atoms with Gasteiger partial charge in [0.2, 0.25) is 5.91 Å². The number of benzene rings is 2. The highest BCUT2D eigenvalue weighted by molar-refractivity contribution is 5.93. The molecule has 5 nitrogen and oxygen atoms in total. The molecule has 0 aliphatic heterocycles. The van der Waals surface area contributed by atoms with Crippen LogP contribution in [0.2, 0.25) is 0 Å². The van der Waals surface area contributed by atoms with Gasteiger partial charge in [0.1, 0.15) is 5.82 Å². The molecule has 3 aromatic rings. The van der Waals surface area contributed by atoms with Gasteiger partial charge in [0.25, 0.3) is 0 Å². The predicted octanol–water partition coefficient (Wildman–Crippen LogP) is 5.17. The lowest BCUT2D eigenvalue weighted by Crippen LogP contribution is -2.30. The maximum Gasteiger partial charge on any atom is 0.229 e. The van der Waals surface area contributed by atoms with E-state index in [1.165, 1.54) is 0 Å². The molecule has 2 atom stereocenters. The van der Waals surface area contributed by atoms with Gasteiger partial charge in [-0.25, -0.2) is 4.98 Å². The molecule has 0 fully saturated rings. The lowest BCUT2D eigenvalue weighted by molar-refractivity contribution is -0.120. The van der Waals surface area contributed by atoms with Crippen LogP contribution in [0.15, 0.2) is 67.0 Å². The van der Waals surface area contributed by atoms with E-state index in [1.807, 2.05) is 67.8 Å². The van der Waals surface area contributed by atoms with Gasteiger partial charge in [-0.2, -0.15) is 0 Å². The Morgan fingerprint density at radius 2 is 1.77 bits per heavy atom. The summed E-state index contributed by atoms with van der Waals surface area (Å²) in [4.78, 5) is 17.1. The van der Waals surface area contributed by atoms with Crippen molar-refractivity contribution in [1.29, 1.82) is 0 Å². The van der Waals surface area contributed by atoms with Crippen molar-refractivity contribution < 1.29 is 4.79 Å². The fourth-order valence-electron chi connectivity index (χ4n) is 3.28. The highest BCUT2D eigenvalue weighted by Gasteiger charge is 2.22. The van der Waals surface area contributed by atoms with E-state index in [0.29, 0.717) is 5.92 Å². The Morgan fingerprint density at radius 1 is 1.07 bits per heavy atom. The maximum atomic E-state index is 12.7. The van der Waals surface area contributed by atoms with Crippen LogP contribution in [-0.2, 0) is 11.3 Å². The number of nitrogens with two attached hydrogens (primary N) is 1. The number of anilines is 1. The third-order valence-corrected chi connectivity index (χ3v) is 4.95. The zero-order valence-electron chi connectivity index (χ0n) is 17.5. The minimum atomic E-state index is -0.344. The topological polar surface area (TPSA) is 72.9 Å². The van der Waals surface area contributed by atoms with Crippen molar-refractivity contribution in [2.45, 2.75) is 39.3 Å². The zero-order chi connectivity index (χ0) is 20.1. The smallest absolute Gasteiger partial charge is 0.229 e. The monoisotopic (exact) mass is 448 g/mol. The number of carbonyl (C=O) groups is 1. The van der Waals surface area contributed by atoms with E-state index < -0.39 is 0 Å². The number of nitrogens with one attached hydrogen (secondary N) is 1. The maximum absolute atomic E-state index is 12.7. The number of aromatic nitrogens is 2. The second-order valence-electron chi connectivity index (χ2n) is 7.48. The van der Waals surface area contributed by atoms with Crippen LogP contribution in [0.1, 0.15) is 49.7 Å². The molecule has 0 aliphatic rings. The van der Waals surface area contributed by atoms with E-state index in [4.69, 9.17) is 5.73 Å². The van der Waals surface area contributed by atoms with Crippen LogP contribution in [0.5, 0.6) is 0 Å². The Labute approximate surface area is 190 Å². The number of hydrogen-bond acceptors (Lipinski definition) is 3. The summed E-state index contributed by atoms with van der Waals surface area (Å²) in [5, 5.41) is 3.01. The zero-order valence-corrected chi connectivity index (χ0v) is 19.1. The van der Waals surface area contributed by atoms with Crippen LogP contribution in [0.4, 0.5) is 5.69 Å². The van der Waals surface area contributed by atoms with E-state index in [9.17, 15) is 4.79 Å². The normalized spacial score (nSPS) is 12.4. The van der Waals surface area contributed by atoms with E-state index >= 15 is 0 Å². The average molecular weight is 449 g/mol. The number of hydrogen-bond donors (Lipinski definition) is 2. The molecular formula is C23H30Cl2N4O. The van der Waals surface area contributed by atoms with Gasteiger partial charge < -0.3 is 15.6 Å². The van der Waals surface area contributed by atoms with Crippen LogP contribution < -0.4 is 11.1 Å². The second-order valence-corrected chi connectivity index (χ2v) is 7.48. The van der Waals surface area contributed by atoms with Gasteiger partial charge in [0.15, 0.2) is 0 Å².